The number of hydrogen-bond donors (Lipinski definition) is 1. The Bertz CT molecular complexity index is 1260. The molecule has 2 heterocycles. The Morgan fingerprint density at radius 1 is 1.03 bits per heavy atom. The third-order valence-electron chi connectivity index (χ3n) is 6.28. The first kappa shape index (κ1) is 21.2. The van der Waals surface area contributed by atoms with E-state index in [1.54, 1.807) is 11.9 Å². The first-order valence-corrected chi connectivity index (χ1v) is 11.4. The molecule has 0 aliphatic carbocycles. The van der Waals surface area contributed by atoms with Crippen molar-refractivity contribution in [2.24, 2.45) is 5.73 Å². The molecule has 2 N–H and O–H groups in total. The number of amides is 1. The van der Waals surface area contributed by atoms with E-state index in [-0.39, 0.29) is 11.9 Å². The van der Waals surface area contributed by atoms with Gasteiger partial charge < -0.3 is 15.5 Å². The number of hydrogen-bond acceptors (Lipinski definition) is 5. The second-order valence-corrected chi connectivity index (χ2v) is 8.61. The minimum absolute atomic E-state index is 0.0955. The normalized spacial score (nSPS) is 16.2. The Labute approximate surface area is 193 Å². The highest BCUT2D eigenvalue weighted by Gasteiger charge is 2.28. The lowest BCUT2D eigenvalue weighted by atomic mass is 10.1. The third-order valence-corrected chi connectivity index (χ3v) is 6.28. The zero-order valence-electron chi connectivity index (χ0n) is 18.8. The Balaban J connectivity index is 1.54. The maximum absolute atomic E-state index is 13.7. The topological polar surface area (TPSA) is 80.3 Å². The average molecular weight is 441 g/mol. The molecule has 0 radical (unpaired) electrons. The van der Waals surface area contributed by atoms with Crippen molar-refractivity contribution in [2.75, 3.05) is 29.9 Å². The summed E-state index contributed by atoms with van der Waals surface area (Å²) in [7, 11) is 1.79. The van der Waals surface area contributed by atoms with Gasteiger partial charge in [0.15, 0.2) is 0 Å². The fourth-order valence-electron chi connectivity index (χ4n) is 4.55. The predicted octanol–water partition coefficient (Wildman–Crippen LogP) is 3.68. The molecule has 1 aliphatic rings. The molecule has 33 heavy (non-hydrogen) atoms. The molecule has 1 unspecified atom stereocenters. The van der Waals surface area contributed by atoms with E-state index >= 15 is 0 Å². The van der Waals surface area contributed by atoms with Crippen molar-refractivity contribution >= 4 is 28.3 Å². The van der Waals surface area contributed by atoms with Gasteiger partial charge >= 0.3 is 0 Å². The Morgan fingerprint density at radius 2 is 1.79 bits per heavy atom. The van der Waals surface area contributed by atoms with Gasteiger partial charge in [0.2, 0.25) is 11.8 Å². The summed E-state index contributed by atoms with van der Waals surface area (Å²) in [6.07, 6.45) is 2.00. The average Bonchev–Trinajstić information content (AvgIpc) is 3.26. The van der Waals surface area contributed by atoms with Crippen LogP contribution in [0.25, 0.3) is 10.8 Å². The Hall–Kier alpha value is -3.71. The number of rotatable bonds is 5. The summed E-state index contributed by atoms with van der Waals surface area (Å²) in [6, 6.07) is 24.2. The molecule has 0 saturated carbocycles. The first-order valence-electron chi connectivity index (χ1n) is 11.4. The van der Waals surface area contributed by atoms with Crippen LogP contribution in [0, 0.1) is 0 Å². The van der Waals surface area contributed by atoms with Crippen LogP contribution in [0.1, 0.15) is 29.0 Å². The van der Waals surface area contributed by atoms with Crippen LogP contribution in [0.2, 0.25) is 0 Å². The summed E-state index contributed by atoms with van der Waals surface area (Å²) >= 11 is 0. The van der Waals surface area contributed by atoms with Gasteiger partial charge in [0, 0.05) is 31.6 Å². The molecule has 1 atom stereocenters. The lowest BCUT2D eigenvalue weighted by molar-refractivity contribution is 0.0979. The predicted molar refractivity (Wildman–Crippen MR) is 132 cm³/mol. The van der Waals surface area contributed by atoms with E-state index in [9.17, 15) is 4.79 Å². The quantitative estimate of drug-likeness (QED) is 0.512. The summed E-state index contributed by atoms with van der Waals surface area (Å²) in [5.74, 6) is 0.828. The summed E-state index contributed by atoms with van der Waals surface area (Å²) in [6.45, 7) is 2.08. The molecule has 0 bridgehead atoms. The molecule has 3 aromatic carbocycles. The van der Waals surface area contributed by atoms with E-state index in [0.717, 1.165) is 41.4 Å². The van der Waals surface area contributed by atoms with Crippen LogP contribution in [0.15, 0.2) is 72.8 Å². The molecule has 1 aliphatic heterocycles. The Kier molecular flexibility index (Phi) is 5.79. The van der Waals surface area contributed by atoms with Crippen LogP contribution < -0.4 is 15.5 Å². The van der Waals surface area contributed by atoms with Gasteiger partial charge in [-0.05, 0) is 29.9 Å². The highest BCUT2D eigenvalue weighted by Crippen LogP contribution is 2.28. The molecule has 1 fully saturated rings. The molecule has 7 heteroatoms. The maximum atomic E-state index is 13.7. The summed E-state index contributed by atoms with van der Waals surface area (Å²) in [4.78, 5) is 17.5. The van der Waals surface area contributed by atoms with Gasteiger partial charge in [-0.2, -0.15) is 0 Å². The van der Waals surface area contributed by atoms with Crippen molar-refractivity contribution in [2.45, 2.75) is 25.4 Å². The standard InChI is InChI=1S/C26H28N6O/c1-30(23-15-7-12-20-11-5-6-14-22(20)23)25(33)24-28-29-26(31-16-8-13-21(27)18-31)32(24)17-19-9-3-2-4-10-19/h2-7,9-12,14-15,21H,8,13,16-18,27H2,1H3. The number of aromatic nitrogens is 3. The molecular formula is C26H28N6O. The summed E-state index contributed by atoms with van der Waals surface area (Å²) < 4.78 is 1.93. The first-order chi connectivity index (χ1) is 16.1. The SMILES string of the molecule is CN(C(=O)c1nnc(N2CCCC(N)C2)n1Cc1ccccc1)c1cccc2ccccc12. The lowest BCUT2D eigenvalue weighted by Gasteiger charge is -2.31. The van der Waals surface area contributed by atoms with Gasteiger partial charge in [-0.3, -0.25) is 9.36 Å². The van der Waals surface area contributed by atoms with Gasteiger partial charge in [0.25, 0.3) is 5.91 Å². The fraction of sp³-hybridized carbons (Fsp3) is 0.269. The van der Waals surface area contributed by atoms with Crippen LogP contribution >= 0.6 is 0 Å². The summed E-state index contributed by atoms with van der Waals surface area (Å²) in [5.41, 5.74) is 8.16. The van der Waals surface area contributed by atoms with E-state index in [1.165, 1.54) is 0 Å². The van der Waals surface area contributed by atoms with Crippen LogP contribution in [0.5, 0.6) is 0 Å². The molecule has 7 nitrogen and oxygen atoms in total. The van der Waals surface area contributed by atoms with E-state index in [1.807, 2.05) is 77.4 Å². The molecule has 1 aromatic heterocycles. The van der Waals surface area contributed by atoms with E-state index in [4.69, 9.17) is 5.73 Å². The zero-order chi connectivity index (χ0) is 22.8. The largest absolute Gasteiger partial charge is 0.339 e. The fourth-order valence-corrected chi connectivity index (χ4v) is 4.55. The molecular weight excluding hydrogens is 412 g/mol. The van der Waals surface area contributed by atoms with Crippen LogP contribution in [0.4, 0.5) is 11.6 Å². The monoisotopic (exact) mass is 440 g/mol. The number of fused-ring (bicyclic) bond motifs is 1. The van der Waals surface area contributed by atoms with E-state index in [2.05, 4.69) is 15.1 Å². The van der Waals surface area contributed by atoms with E-state index in [0.29, 0.717) is 24.9 Å². The minimum atomic E-state index is -0.192. The second kappa shape index (κ2) is 9.03. The van der Waals surface area contributed by atoms with Crippen molar-refractivity contribution in [1.29, 1.82) is 0 Å². The van der Waals surface area contributed by atoms with E-state index < -0.39 is 0 Å². The number of anilines is 2. The van der Waals surface area contributed by atoms with Crippen LogP contribution in [0.3, 0.4) is 0 Å². The number of carbonyl (C=O) groups is 1. The number of piperidine rings is 1. The number of carbonyl (C=O) groups excluding carboxylic acids is 1. The molecule has 1 saturated heterocycles. The van der Waals surface area contributed by atoms with Crippen molar-refractivity contribution in [3.05, 3.63) is 84.2 Å². The van der Waals surface area contributed by atoms with Gasteiger partial charge in [-0.15, -0.1) is 10.2 Å². The van der Waals surface area contributed by atoms with Gasteiger partial charge in [-0.25, -0.2) is 0 Å². The molecule has 4 aromatic rings. The number of nitrogens with two attached hydrogens (primary N) is 1. The molecule has 0 spiro atoms. The van der Waals surface area contributed by atoms with Gasteiger partial charge in [0.05, 0.1) is 12.2 Å². The van der Waals surface area contributed by atoms with Crippen LogP contribution in [-0.2, 0) is 6.54 Å². The second-order valence-electron chi connectivity index (χ2n) is 8.61. The smallest absolute Gasteiger partial charge is 0.296 e. The molecule has 1 amide bonds. The van der Waals surface area contributed by atoms with Gasteiger partial charge in [0.1, 0.15) is 0 Å². The number of nitrogens with zero attached hydrogens (tertiary/aromatic N) is 5. The zero-order valence-corrected chi connectivity index (χ0v) is 18.8. The lowest BCUT2D eigenvalue weighted by Crippen LogP contribution is -2.44. The summed E-state index contributed by atoms with van der Waals surface area (Å²) in [5, 5.41) is 11.0. The van der Waals surface area contributed by atoms with Crippen molar-refractivity contribution in [3.63, 3.8) is 0 Å². The highest BCUT2D eigenvalue weighted by molar-refractivity contribution is 6.09. The third kappa shape index (κ3) is 4.19. The number of benzene rings is 3. The van der Waals surface area contributed by atoms with Crippen LogP contribution in [-0.4, -0.2) is 46.9 Å². The van der Waals surface area contributed by atoms with Crippen molar-refractivity contribution in [3.8, 4) is 0 Å². The molecule has 5 rings (SSSR count). The highest BCUT2D eigenvalue weighted by atomic mass is 16.2. The van der Waals surface area contributed by atoms with Gasteiger partial charge in [-0.1, -0.05) is 66.7 Å². The van der Waals surface area contributed by atoms with Crippen molar-refractivity contribution in [1.82, 2.24) is 14.8 Å². The maximum Gasteiger partial charge on any atom is 0.296 e. The molecule has 168 valence electrons. The Morgan fingerprint density at radius 3 is 2.61 bits per heavy atom. The minimum Gasteiger partial charge on any atom is -0.339 e. The van der Waals surface area contributed by atoms with Crippen molar-refractivity contribution < 1.29 is 4.79 Å².